The number of aliphatic hydroxyl groups is 1. The number of ether oxygens (including phenoxy) is 1. The highest BCUT2D eigenvalue weighted by Gasteiger charge is 2.25. The lowest BCUT2D eigenvalue weighted by Gasteiger charge is -2.15. The lowest BCUT2D eigenvalue weighted by Crippen LogP contribution is -2.33. The third-order valence-corrected chi connectivity index (χ3v) is 2.41. The number of hydrogen-bond donors (Lipinski definition) is 1. The van der Waals surface area contributed by atoms with Gasteiger partial charge < -0.3 is 9.84 Å². The minimum atomic E-state index is -1.36. The SMILES string of the molecule is CC(C)CCCCCCOC(=O)C(C)(C)O. The second-order valence-electron chi connectivity index (χ2n) is 5.29. The van der Waals surface area contributed by atoms with Gasteiger partial charge in [0.1, 0.15) is 0 Å². The summed E-state index contributed by atoms with van der Waals surface area (Å²) in [6.07, 6.45) is 5.69. The number of esters is 1. The van der Waals surface area contributed by atoms with Crippen molar-refractivity contribution in [2.75, 3.05) is 6.61 Å². The van der Waals surface area contributed by atoms with Crippen LogP contribution in [0.2, 0.25) is 0 Å². The maximum atomic E-state index is 11.2. The summed E-state index contributed by atoms with van der Waals surface area (Å²) < 4.78 is 4.95. The zero-order valence-electron chi connectivity index (χ0n) is 11.1. The van der Waals surface area contributed by atoms with Crippen LogP contribution in [-0.4, -0.2) is 23.3 Å². The number of unbranched alkanes of at least 4 members (excludes halogenated alkanes) is 3. The molecule has 96 valence electrons. The molecule has 3 nitrogen and oxygen atoms in total. The van der Waals surface area contributed by atoms with Crippen LogP contribution in [0.3, 0.4) is 0 Å². The van der Waals surface area contributed by atoms with Gasteiger partial charge in [-0.2, -0.15) is 0 Å². The molecule has 0 aromatic rings. The molecule has 0 saturated carbocycles. The first-order valence-corrected chi connectivity index (χ1v) is 6.23. The van der Waals surface area contributed by atoms with Gasteiger partial charge in [0.05, 0.1) is 6.61 Å². The van der Waals surface area contributed by atoms with Gasteiger partial charge in [-0.25, -0.2) is 4.79 Å². The van der Waals surface area contributed by atoms with E-state index in [1.165, 1.54) is 33.1 Å². The smallest absolute Gasteiger partial charge is 0.337 e. The van der Waals surface area contributed by atoms with E-state index in [2.05, 4.69) is 13.8 Å². The van der Waals surface area contributed by atoms with Crippen molar-refractivity contribution in [3.8, 4) is 0 Å². The summed E-state index contributed by atoms with van der Waals surface area (Å²) in [5.41, 5.74) is -1.36. The van der Waals surface area contributed by atoms with Crippen LogP contribution in [0, 0.1) is 5.92 Å². The lowest BCUT2D eigenvalue weighted by atomic mass is 10.0. The van der Waals surface area contributed by atoms with E-state index in [1.807, 2.05) is 0 Å². The minimum Gasteiger partial charge on any atom is -0.464 e. The van der Waals surface area contributed by atoms with E-state index in [0.717, 1.165) is 18.8 Å². The number of hydrogen-bond acceptors (Lipinski definition) is 3. The van der Waals surface area contributed by atoms with Gasteiger partial charge in [-0.15, -0.1) is 0 Å². The van der Waals surface area contributed by atoms with Crippen LogP contribution < -0.4 is 0 Å². The monoisotopic (exact) mass is 230 g/mol. The van der Waals surface area contributed by atoms with Crippen molar-refractivity contribution in [3.63, 3.8) is 0 Å². The molecule has 0 aliphatic heterocycles. The second kappa shape index (κ2) is 7.66. The molecule has 3 heteroatoms. The van der Waals surface area contributed by atoms with Crippen LogP contribution in [0.1, 0.15) is 59.8 Å². The first-order valence-electron chi connectivity index (χ1n) is 6.23. The molecule has 16 heavy (non-hydrogen) atoms. The molecule has 0 spiro atoms. The van der Waals surface area contributed by atoms with Gasteiger partial charge in [0.2, 0.25) is 0 Å². The summed E-state index contributed by atoms with van der Waals surface area (Å²) in [4.78, 5) is 11.2. The highest BCUT2D eigenvalue weighted by molar-refractivity contribution is 5.78. The highest BCUT2D eigenvalue weighted by Crippen LogP contribution is 2.10. The van der Waals surface area contributed by atoms with E-state index < -0.39 is 11.6 Å². The fourth-order valence-electron chi connectivity index (χ4n) is 1.35. The van der Waals surface area contributed by atoms with E-state index in [1.54, 1.807) is 0 Å². The zero-order valence-corrected chi connectivity index (χ0v) is 11.1. The topological polar surface area (TPSA) is 46.5 Å². The maximum Gasteiger partial charge on any atom is 0.337 e. The van der Waals surface area contributed by atoms with Gasteiger partial charge in [0.15, 0.2) is 5.60 Å². The van der Waals surface area contributed by atoms with Crippen molar-refractivity contribution < 1.29 is 14.6 Å². The summed E-state index contributed by atoms with van der Waals surface area (Å²) in [5.74, 6) is 0.239. The van der Waals surface area contributed by atoms with Crippen molar-refractivity contribution >= 4 is 5.97 Å². The first-order chi connectivity index (χ1) is 7.34. The molecule has 0 fully saturated rings. The van der Waals surface area contributed by atoms with Crippen LogP contribution in [0.15, 0.2) is 0 Å². The van der Waals surface area contributed by atoms with E-state index >= 15 is 0 Å². The predicted octanol–water partition coefficient (Wildman–Crippen LogP) is 2.91. The first kappa shape index (κ1) is 15.4. The van der Waals surface area contributed by atoms with Crippen molar-refractivity contribution in [1.29, 1.82) is 0 Å². The molecule has 0 aromatic heterocycles. The molecule has 0 unspecified atom stereocenters. The zero-order chi connectivity index (χ0) is 12.6. The van der Waals surface area contributed by atoms with Gasteiger partial charge in [-0.1, -0.05) is 39.5 Å². The molecule has 0 radical (unpaired) electrons. The number of carbonyl (C=O) groups is 1. The Kier molecular flexibility index (Phi) is 7.39. The Labute approximate surface area is 99.2 Å². The fourth-order valence-corrected chi connectivity index (χ4v) is 1.35. The third-order valence-electron chi connectivity index (χ3n) is 2.41. The van der Waals surface area contributed by atoms with Crippen LogP contribution >= 0.6 is 0 Å². The van der Waals surface area contributed by atoms with Crippen LogP contribution in [0.4, 0.5) is 0 Å². The molecule has 0 amide bonds. The maximum absolute atomic E-state index is 11.2. The fraction of sp³-hybridized carbons (Fsp3) is 0.923. The molecule has 1 N–H and O–H groups in total. The molecule has 0 bridgehead atoms. The van der Waals surface area contributed by atoms with Crippen molar-refractivity contribution in [1.82, 2.24) is 0 Å². The summed E-state index contributed by atoms with van der Waals surface area (Å²) in [7, 11) is 0. The number of rotatable bonds is 8. The molecular formula is C13H26O3. The Morgan fingerprint density at radius 1 is 1.19 bits per heavy atom. The molecule has 0 heterocycles. The minimum absolute atomic E-state index is 0.421. The van der Waals surface area contributed by atoms with Crippen molar-refractivity contribution in [3.05, 3.63) is 0 Å². The number of carbonyl (C=O) groups excluding carboxylic acids is 1. The Morgan fingerprint density at radius 3 is 2.25 bits per heavy atom. The highest BCUT2D eigenvalue weighted by atomic mass is 16.5. The Balaban J connectivity index is 3.31. The van der Waals surface area contributed by atoms with Crippen LogP contribution in [0.25, 0.3) is 0 Å². The van der Waals surface area contributed by atoms with Crippen LogP contribution in [0.5, 0.6) is 0 Å². The van der Waals surface area contributed by atoms with E-state index in [4.69, 9.17) is 4.74 Å². The van der Waals surface area contributed by atoms with Gasteiger partial charge in [-0.3, -0.25) is 0 Å². The standard InChI is InChI=1S/C13H26O3/c1-11(2)9-7-5-6-8-10-16-12(14)13(3,4)15/h11,15H,5-10H2,1-4H3. The van der Waals surface area contributed by atoms with E-state index in [9.17, 15) is 9.90 Å². The molecule has 0 atom stereocenters. The lowest BCUT2D eigenvalue weighted by molar-refractivity contribution is -0.161. The average Bonchev–Trinajstić information content (AvgIpc) is 2.14. The molecule has 0 rings (SSSR count). The molecule has 0 aliphatic carbocycles. The predicted molar refractivity (Wildman–Crippen MR) is 65.2 cm³/mol. The largest absolute Gasteiger partial charge is 0.464 e. The Bertz CT molecular complexity index is 192. The van der Waals surface area contributed by atoms with Crippen molar-refractivity contribution in [2.45, 2.75) is 65.4 Å². The molecule has 0 saturated heterocycles. The Morgan fingerprint density at radius 2 is 1.75 bits per heavy atom. The second-order valence-corrected chi connectivity index (χ2v) is 5.29. The summed E-state index contributed by atoms with van der Waals surface area (Å²) in [6.45, 7) is 7.76. The quantitative estimate of drug-likeness (QED) is 0.515. The third kappa shape index (κ3) is 8.72. The summed E-state index contributed by atoms with van der Waals surface area (Å²) in [5, 5.41) is 9.31. The van der Waals surface area contributed by atoms with Gasteiger partial charge >= 0.3 is 5.97 Å². The summed E-state index contributed by atoms with van der Waals surface area (Å²) >= 11 is 0. The van der Waals surface area contributed by atoms with Gasteiger partial charge in [0.25, 0.3) is 0 Å². The van der Waals surface area contributed by atoms with Gasteiger partial charge in [-0.05, 0) is 26.2 Å². The average molecular weight is 230 g/mol. The van der Waals surface area contributed by atoms with Crippen LogP contribution in [-0.2, 0) is 9.53 Å². The van der Waals surface area contributed by atoms with E-state index in [-0.39, 0.29) is 0 Å². The van der Waals surface area contributed by atoms with E-state index in [0.29, 0.717) is 6.61 Å². The van der Waals surface area contributed by atoms with Gasteiger partial charge in [0, 0.05) is 0 Å². The summed E-state index contributed by atoms with van der Waals surface area (Å²) in [6, 6.07) is 0. The normalized spacial score (nSPS) is 11.9. The molecule has 0 aliphatic rings. The Hall–Kier alpha value is -0.570. The molecule has 0 aromatic carbocycles. The van der Waals surface area contributed by atoms with Crippen molar-refractivity contribution in [2.24, 2.45) is 5.92 Å². The molecular weight excluding hydrogens is 204 g/mol.